The highest BCUT2D eigenvalue weighted by Gasteiger charge is 2.40. The summed E-state index contributed by atoms with van der Waals surface area (Å²) in [7, 11) is 0. The number of oxazole rings is 1. The highest BCUT2D eigenvalue weighted by atomic mass is 16.3. The maximum atomic E-state index is 12.4. The Morgan fingerprint density at radius 3 is 3.00 bits per heavy atom. The Balaban J connectivity index is 1.43. The highest BCUT2D eigenvalue weighted by molar-refractivity contribution is 5.80. The third kappa shape index (κ3) is 2.37. The van der Waals surface area contributed by atoms with Gasteiger partial charge in [-0.1, -0.05) is 0 Å². The second kappa shape index (κ2) is 5.35. The van der Waals surface area contributed by atoms with Gasteiger partial charge in [0.1, 0.15) is 5.52 Å². The quantitative estimate of drug-likeness (QED) is 0.927. The van der Waals surface area contributed by atoms with Gasteiger partial charge in [0.2, 0.25) is 5.91 Å². The minimum absolute atomic E-state index is 0.0389. The maximum absolute atomic E-state index is 12.4. The predicted octanol–water partition coefficient (Wildman–Crippen LogP) is 1.36. The third-order valence-corrected chi connectivity index (χ3v) is 5.12. The van der Waals surface area contributed by atoms with E-state index < -0.39 is 0 Å². The van der Waals surface area contributed by atoms with Gasteiger partial charge < -0.3 is 9.73 Å². The number of nitrogens with zero attached hydrogens (tertiary/aromatic N) is 3. The van der Waals surface area contributed by atoms with Crippen molar-refractivity contribution in [1.29, 1.82) is 0 Å². The van der Waals surface area contributed by atoms with E-state index in [-0.39, 0.29) is 18.4 Å². The molecule has 3 aliphatic heterocycles. The van der Waals surface area contributed by atoms with Gasteiger partial charge >= 0.3 is 0 Å². The summed E-state index contributed by atoms with van der Waals surface area (Å²) < 4.78 is 5.26. The fourth-order valence-electron chi connectivity index (χ4n) is 3.84. The number of fused-ring (bicyclic) bond motifs is 4. The normalized spacial score (nSPS) is 30.6. The first-order valence-corrected chi connectivity index (χ1v) is 7.92. The average molecular weight is 300 g/mol. The molecule has 3 fully saturated rings. The molecular formula is C16H20N4O2. The van der Waals surface area contributed by atoms with E-state index in [0.717, 1.165) is 11.2 Å². The lowest BCUT2D eigenvalue weighted by Gasteiger charge is -2.49. The molecule has 6 nitrogen and oxygen atoms in total. The highest BCUT2D eigenvalue weighted by Crippen LogP contribution is 2.32. The van der Waals surface area contributed by atoms with E-state index in [1.165, 1.54) is 32.3 Å². The summed E-state index contributed by atoms with van der Waals surface area (Å²) in [4.78, 5) is 23.2. The first kappa shape index (κ1) is 13.7. The lowest BCUT2D eigenvalue weighted by molar-refractivity contribution is -0.123. The second-order valence-electron chi connectivity index (χ2n) is 6.38. The van der Waals surface area contributed by atoms with E-state index in [9.17, 15) is 4.79 Å². The number of carbonyl (C=O) groups is 1. The Morgan fingerprint density at radius 1 is 1.41 bits per heavy atom. The van der Waals surface area contributed by atoms with Crippen molar-refractivity contribution in [3.8, 4) is 0 Å². The summed E-state index contributed by atoms with van der Waals surface area (Å²) in [6, 6.07) is 2.49. The van der Waals surface area contributed by atoms with E-state index in [1.54, 1.807) is 12.3 Å². The van der Waals surface area contributed by atoms with Crippen LogP contribution in [-0.2, 0) is 11.2 Å². The summed E-state index contributed by atoms with van der Waals surface area (Å²) in [5.41, 5.74) is 2.11. The predicted molar refractivity (Wildman–Crippen MR) is 81.2 cm³/mol. The Kier molecular flexibility index (Phi) is 3.33. The Labute approximate surface area is 128 Å². The van der Waals surface area contributed by atoms with E-state index >= 15 is 0 Å². The van der Waals surface area contributed by atoms with Gasteiger partial charge in [0, 0.05) is 18.2 Å². The van der Waals surface area contributed by atoms with Crippen molar-refractivity contribution in [3.05, 3.63) is 24.4 Å². The molecule has 6 heteroatoms. The van der Waals surface area contributed by atoms with Gasteiger partial charge in [-0.05, 0) is 38.8 Å². The van der Waals surface area contributed by atoms with Crippen molar-refractivity contribution < 1.29 is 9.21 Å². The van der Waals surface area contributed by atoms with Gasteiger partial charge in [0.05, 0.1) is 18.3 Å². The van der Waals surface area contributed by atoms with Crippen molar-refractivity contribution in [2.75, 3.05) is 13.1 Å². The molecule has 0 unspecified atom stereocenters. The molecule has 5 heterocycles. The van der Waals surface area contributed by atoms with Gasteiger partial charge in [0.15, 0.2) is 12.0 Å². The zero-order valence-electron chi connectivity index (χ0n) is 12.7. The van der Waals surface area contributed by atoms with Crippen LogP contribution in [0.5, 0.6) is 0 Å². The van der Waals surface area contributed by atoms with Crippen LogP contribution in [0.2, 0.25) is 0 Å². The fourth-order valence-corrected chi connectivity index (χ4v) is 3.84. The smallest absolute Gasteiger partial charge is 0.226 e. The molecule has 0 radical (unpaired) electrons. The summed E-state index contributed by atoms with van der Waals surface area (Å²) in [6.45, 7) is 4.55. The maximum Gasteiger partial charge on any atom is 0.226 e. The van der Waals surface area contributed by atoms with Crippen LogP contribution >= 0.6 is 0 Å². The molecule has 0 saturated carbocycles. The number of hydrogen-bond acceptors (Lipinski definition) is 5. The first-order valence-electron chi connectivity index (χ1n) is 7.92. The van der Waals surface area contributed by atoms with Crippen LogP contribution in [0.4, 0.5) is 0 Å². The number of aromatic nitrogens is 2. The Hall–Kier alpha value is -1.95. The van der Waals surface area contributed by atoms with E-state index in [0.29, 0.717) is 17.5 Å². The lowest BCUT2D eigenvalue weighted by atomic mass is 9.79. The molecule has 0 spiro atoms. The molecule has 116 valence electrons. The molecule has 2 aromatic rings. The van der Waals surface area contributed by atoms with Crippen molar-refractivity contribution in [1.82, 2.24) is 20.2 Å². The molecular weight excluding hydrogens is 280 g/mol. The number of hydrogen-bond donors (Lipinski definition) is 1. The van der Waals surface area contributed by atoms with Crippen molar-refractivity contribution in [3.63, 3.8) is 0 Å². The minimum atomic E-state index is 0.0389. The van der Waals surface area contributed by atoms with E-state index in [1.807, 2.05) is 0 Å². The van der Waals surface area contributed by atoms with E-state index in [4.69, 9.17) is 4.42 Å². The van der Waals surface area contributed by atoms with Gasteiger partial charge in [-0.15, -0.1) is 0 Å². The molecule has 3 saturated heterocycles. The average Bonchev–Trinajstić information content (AvgIpc) is 2.99. The summed E-state index contributed by atoms with van der Waals surface area (Å²) in [5.74, 6) is 0.658. The first-order chi connectivity index (χ1) is 10.7. The molecule has 2 atom stereocenters. The van der Waals surface area contributed by atoms with Gasteiger partial charge in [-0.2, -0.15) is 0 Å². The van der Waals surface area contributed by atoms with Crippen LogP contribution in [0.25, 0.3) is 11.1 Å². The third-order valence-electron chi connectivity index (χ3n) is 5.12. The number of rotatable bonds is 3. The van der Waals surface area contributed by atoms with Crippen molar-refractivity contribution in [2.24, 2.45) is 5.92 Å². The van der Waals surface area contributed by atoms with Crippen LogP contribution in [0.1, 0.15) is 25.5 Å². The zero-order chi connectivity index (χ0) is 15.1. The summed E-state index contributed by atoms with van der Waals surface area (Å²) in [5, 5.41) is 3.22. The number of carbonyl (C=O) groups excluding carboxylic acids is 1. The van der Waals surface area contributed by atoms with Crippen molar-refractivity contribution in [2.45, 2.75) is 38.3 Å². The minimum Gasteiger partial charge on any atom is -0.443 e. The second-order valence-corrected chi connectivity index (χ2v) is 6.38. The molecule has 2 bridgehead atoms. The Bertz CT molecular complexity index is 688. The number of piperidine rings is 3. The number of amides is 1. The number of nitrogens with one attached hydrogen (secondary N) is 1. The van der Waals surface area contributed by atoms with Gasteiger partial charge in [0.25, 0.3) is 0 Å². The van der Waals surface area contributed by atoms with Crippen molar-refractivity contribution >= 4 is 17.0 Å². The van der Waals surface area contributed by atoms with Crippen LogP contribution in [0.3, 0.4) is 0 Å². The topological polar surface area (TPSA) is 71.3 Å². The molecule has 2 aromatic heterocycles. The van der Waals surface area contributed by atoms with E-state index in [2.05, 4.69) is 27.1 Å². The van der Waals surface area contributed by atoms with Crippen LogP contribution in [0.15, 0.2) is 23.1 Å². The number of pyridine rings is 1. The SMILES string of the molecule is C[C@@H]1[C@H](NC(=O)Cc2cc3ocnc3cn2)C2CCN1CC2. The molecule has 3 aliphatic rings. The summed E-state index contributed by atoms with van der Waals surface area (Å²) >= 11 is 0. The Morgan fingerprint density at radius 2 is 2.23 bits per heavy atom. The van der Waals surface area contributed by atoms with Crippen LogP contribution in [0, 0.1) is 5.92 Å². The largest absolute Gasteiger partial charge is 0.443 e. The summed E-state index contributed by atoms with van der Waals surface area (Å²) in [6.07, 6.45) is 5.71. The zero-order valence-corrected chi connectivity index (χ0v) is 12.7. The van der Waals surface area contributed by atoms with Crippen LogP contribution < -0.4 is 5.32 Å². The fraction of sp³-hybridized carbons (Fsp3) is 0.562. The molecule has 1 amide bonds. The molecule has 0 aliphatic carbocycles. The lowest BCUT2D eigenvalue weighted by Crippen LogP contribution is -2.62. The standard InChI is InChI=1S/C16H20N4O2/c1-10-16(11-2-4-20(10)5-3-11)19-15(21)7-12-6-14-13(8-17-12)18-9-22-14/h6,8-11,16H,2-5,7H2,1H3,(H,19,21)/t10-,16+/m1/s1. The molecule has 22 heavy (non-hydrogen) atoms. The molecule has 0 aromatic carbocycles. The van der Waals surface area contributed by atoms with Gasteiger partial charge in [-0.3, -0.25) is 14.7 Å². The van der Waals surface area contributed by atoms with Gasteiger partial charge in [-0.25, -0.2) is 4.98 Å². The molecule has 5 rings (SSSR count). The van der Waals surface area contributed by atoms with Crippen LogP contribution in [-0.4, -0.2) is 45.9 Å². The molecule has 1 N–H and O–H groups in total. The monoisotopic (exact) mass is 300 g/mol.